The Hall–Kier alpha value is -2.07. The molecule has 0 bridgehead atoms. The first kappa shape index (κ1) is 10.1. The number of fused-ring (bicyclic) bond motifs is 2. The van der Waals surface area contributed by atoms with Gasteiger partial charge in [0.05, 0.1) is 6.20 Å². The Labute approximate surface area is 99.0 Å². The van der Waals surface area contributed by atoms with E-state index >= 15 is 0 Å². The van der Waals surface area contributed by atoms with E-state index in [4.69, 9.17) is 15.2 Å². The summed E-state index contributed by atoms with van der Waals surface area (Å²) >= 11 is 0. The molecule has 0 fully saturated rings. The summed E-state index contributed by atoms with van der Waals surface area (Å²) in [4.78, 5) is 4.06. The van der Waals surface area contributed by atoms with Crippen LogP contribution in [0.25, 0.3) is 0 Å². The third-order valence-electron chi connectivity index (χ3n) is 2.72. The van der Waals surface area contributed by atoms with Crippen molar-refractivity contribution in [2.24, 2.45) is 5.73 Å². The molecule has 86 valence electrons. The molecule has 0 spiro atoms. The molecule has 2 aromatic rings. The molecule has 1 aromatic heterocycles. The normalized spacial score (nSPS) is 17.1. The van der Waals surface area contributed by atoms with Crippen LogP contribution in [0.3, 0.4) is 0 Å². The van der Waals surface area contributed by atoms with Crippen molar-refractivity contribution in [3.05, 3.63) is 48.3 Å². The van der Waals surface area contributed by atoms with Crippen LogP contribution >= 0.6 is 0 Å². The average molecular weight is 228 g/mol. The molecule has 17 heavy (non-hydrogen) atoms. The van der Waals surface area contributed by atoms with Crippen molar-refractivity contribution in [1.29, 1.82) is 0 Å². The van der Waals surface area contributed by atoms with Gasteiger partial charge in [-0.15, -0.1) is 0 Å². The van der Waals surface area contributed by atoms with E-state index in [0.717, 1.165) is 5.56 Å². The number of rotatable bonds is 1. The van der Waals surface area contributed by atoms with Gasteiger partial charge in [-0.3, -0.25) is 4.98 Å². The molecule has 1 atom stereocenters. The van der Waals surface area contributed by atoms with E-state index in [-0.39, 0.29) is 6.10 Å². The van der Waals surface area contributed by atoms with E-state index < -0.39 is 0 Å². The predicted molar refractivity (Wildman–Crippen MR) is 63.2 cm³/mol. The summed E-state index contributed by atoms with van der Waals surface area (Å²) < 4.78 is 11.6. The number of hydrogen-bond donors (Lipinski definition) is 1. The van der Waals surface area contributed by atoms with Crippen molar-refractivity contribution in [3.8, 4) is 17.2 Å². The predicted octanol–water partition coefficient (Wildman–Crippen LogP) is 2.27. The van der Waals surface area contributed by atoms with Crippen LogP contribution in [0.1, 0.15) is 11.7 Å². The molecule has 3 rings (SSSR count). The number of nitrogens with zero attached hydrogens (tertiary/aromatic N) is 1. The maximum Gasteiger partial charge on any atom is 0.169 e. The zero-order chi connectivity index (χ0) is 11.7. The van der Waals surface area contributed by atoms with Gasteiger partial charge in [0.2, 0.25) is 0 Å². The highest BCUT2D eigenvalue weighted by molar-refractivity contribution is 5.47. The number of pyridine rings is 1. The number of nitrogens with two attached hydrogens (primary N) is 1. The summed E-state index contributed by atoms with van der Waals surface area (Å²) in [6.07, 6.45) is 3.20. The Morgan fingerprint density at radius 1 is 1.12 bits per heavy atom. The van der Waals surface area contributed by atoms with Crippen LogP contribution in [-0.2, 0) is 0 Å². The van der Waals surface area contributed by atoms with Gasteiger partial charge in [0, 0.05) is 18.3 Å². The van der Waals surface area contributed by atoms with Crippen molar-refractivity contribution < 1.29 is 9.47 Å². The Bertz CT molecular complexity index is 542. The summed E-state index contributed by atoms with van der Waals surface area (Å²) in [7, 11) is 0. The summed E-state index contributed by atoms with van der Waals surface area (Å²) in [6, 6.07) is 9.42. The molecule has 0 radical (unpaired) electrons. The van der Waals surface area contributed by atoms with Gasteiger partial charge in [-0.2, -0.15) is 0 Å². The Morgan fingerprint density at radius 2 is 1.94 bits per heavy atom. The molecule has 4 nitrogen and oxygen atoms in total. The number of hydrogen-bond acceptors (Lipinski definition) is 4. The highest BCUT2D eigenvalue weighted by Gasteiger charge is 2.23. The zero-order valence-corrected chi connectivity index (χ0v) is 9.17. The van der Waals surface area contributed by atoms with E-state index in [1.807, 2.05) is 30.3 Å². The van der Waals surface area contributed by atoms with Gasteiger partial charge in [0.25, 0.3) is 0 Å². The number of benzene rings is 1. The van der Waals surface area contributed by atoms with Crippen molar-refractivity contribution in [3.63, 3.8) is 0 Å². The fraction of sp³-hybridized carbons (Fsp3) is 0.154. The molecule has 1 aliphatic rings. The summed E-state index contributed by atoms with van der Waals surface area (Å²) in [5, 5.41) is 0. The van der Waals surface area contributed by atoms with Crippen molar-refractivity contribution in [2.75, 3.05) is 6.54 Å². The van der Waals surface area contributed by atoms with Gasteiger partial charge in [-0.05, 0) is 18.2 Å². The van der Waals surface area contributed by atoms with Gasteiger partial charge in [0.15, 0.2) is 17.2 Å². The van der Waals surface area contributed by atoms with Gasteiger partial charge >= 0.3 is 0 Å². The SMILES string of the molecule is NC[C@@H]1Oc2ccccc2Oc2cnccc21. The van der Waals surface area contributed by atoms with Crippen LogP contribution in [0.5, 0.6) is 17.2 Å². The fourth-order valence-corrected chi connectivity index (χ4v) is 1.88. The minimum Gasteiger partial charge on any atom is -0.480 e. The number of ether oxygens (including phenoxy) is 2. The average Bonchev–Trinajstić information content (AvgIpc) is 2.54. The molecule has 0 amide bonds. The molecular weight excluding hydrogens is 216 g/mol. The third-order valence-corrected chi connectivity index (χ3v) is 2.72. The summed E-state index contributed by atoms with van der Waals surface area (Å²) in [5.41, 5.74) is 6.67. The fourth-order valence-electron chi connectivity index (χ4n) is 1.88. The first-order valence-corrected chi connectivity index (χ1v) is 5.46. The second-order valence-corrected chi connectivity index (χ2v) is 3.80. The van der Waals surface area contributed by atoms with Crippen molar-refractivity contribution in [1.82, 2.24) is 4.98 Å². The lowest BCUT2D eigenvalue weighted by molar-refractivity contribution is 0.216. The second-order valence-electron chi connectivity index (χ2n) is 3.80. The first-order valence-electron chi connectivity index (χ1n) is 5.46. The molecule has 0 saturated heterocycles. The van der Waals surface area contributed by atoms with Crippen LogP contribution in [0.2, 0.25) is 0 Å². The molecule has 0 unspecified atom stereocenters. The standard InChI is InChI=1S/C13H12N2O2/c14-7-12-9-5-6-15-8-13(9)17-11-4-2-1-3-10(11)16-12/h1-6,8,12H,7,14H2/t12-/m0/s1. The van der Waals surface area contributed by atoms with E-state index in [2.05, 4.69) is 4.98 Å². The third kappa shape index (κ3) is 1.72. The summed E-state index contributed by atoms with van der Waals surface area (Å²) in [5.74, 6) is 2.10. The van der Waals surface area contributed by atoms with Crippen LogP contribution in [-0.4, -0.2) is 11.5 Å². The van der Waals surface area contributed by atoms with E-state index in [1.165, 1.54) is 0 Å². The second kappa shape index (κ2) is 4.07. The van der Waals surface area contributed by atoms with Crippen molar-refractivity contribution in [2.45, 2.75) is 6.10 Å². The lowest BCUT2D eigenvalue weighted by Gasteiger charge is -2.15. The lowest BCUT2D eigenvalue weighted by atomic mass is 10.1. The van der Waals surface area contributed by atoms with Crippen LogP contribution in [0.15, 0.2) is 42.7 Å². The Morgan fingerprint density at radius 3 is 2.76 bits per heavy atom. The molecule has 1 aliphatic heterocycles. The molecule has 0 aliphatic carbocycles. The van der Waals surface area contributed by atoms with Gasteiger partial charge in [-0.25, -0.2) is 0 Å². The smallest absolute Gasteiger partial charge is 0.169 e. The Balaban J connectivity index is 2.13. The van der Waals surface area contributed by atoms with Gasteiger partial charge in [0.1, 0.15) is 6.10 Å². The van der Waals surface area contributed by atoms with E-state index in [0.29, 0.717) is 23.8 Å². The molecule has 2 heterocycles. The van der Waals surface area contributed by atoms with E-state index in [9.17, 15) is 0 Å². The highest BCUT2D eigenvalue weighted by atomic mass is 16.5. The minimum atomic E-state index is -0.198. The maximum atomic E-state index is 5.85. The van der Waals surface area contributed by atoms with Crippen LogP contribution in [0, 0.1) is 0 Å². The maximum absolute atomic E-state index is 5.85. The molecular formula is C13H12N2O2. The quantitative estimate of drug-likeness (QED) is 0.813. The monoisotopic (exact) mass is 228 g/mol. The number of aromatic nitrogens is 1. The van der Waals surface area contributed by atoms with Gasteiger partial charge < -0.3 is 15.2 Å². The zero-order valence-electron chi connectivity index (χ0n) is 9.17. The van der Waals surface area contributed by atoms with Gasteiger partial charge in [-0.1, -0.05) is 12.1 Å². The topological polar surface area (TPSA) is 57.4 Å². The Kier molecular flexibility index (Phi) is 2.42. The van der Waals surface area contributed by atoms with E-state index in [1.54, 1.807) is 12.4 Å². The largest absolute Gasteiger partial charge is 0.480 e. The lowest BCUT2D eigenvalue weighted by Crippen LogP contribution is -2.17. The molecule has 2 N–H and O–H groups in total. The molecule has 1 aromatic carbocycles. The highest BCUT2D eigenvalue weighted by Crippen LogP contribution is 2.40. The summed E-state index contributed by atoms with van der Waals surface area (Å²) in [6.45, 7) is 0.398. The number of para-hydroxylation sites is 2. The first-order chi connectivity index (χ1) is 8.38. The molecule has 4 heteroatoms. The van der Waals surface area contributed by atoms with Crippen LogP contribution < -0.4 is 15.2 Å². The minimum absolute atomic E-state index is 0.198. The molecule has 0 saturated carbocycles. The van der Waals surface area contributed by atoms with Crippen molar-refractivity contribution >= 4 is 0 Å². The van der Waals surface area contributed by atoms with Crippen LogP contribution in [0.4, 0.5) is 0 Å².